The first-order chi connectivity index (χ1) is 8.85. The van der Waals surface area contributed by atoms with Crippen LogP contribution in [0.5, 0.6) is 0 Å². The number of aromatic nitrogens is 2. The number of hydrogen-bond acceptors (Lipinski definition) is 2. The van der Waals surface area contributed by atoms with Gasteiger partial charge >= 0.3 is 0 Å². The molecular weight excluding hydrogens is 222 g/mol. The third-order valence-corrected chi connectivity index (χ3v) is 3.34. The van der Waals surface area contributed by atoms with E-state index in [4.69, 9.17) is 0 Å². The lowest BCUT2D eigenvalue weighted by Gasteiger charge is -2.18. The quantitative estimate of drug-likeness (QED) is 0.811. The van der Waals surface area contributed by atoms with Crippen LogP contribution in [0.25, 0.3) is 11.0 Å². The van der Waals surface area contributed by atoms with E-state index in [0.717, 1.165) is 18.6 Å². The number of nitrogens with one attached hydrogen (secondary N) is 1. The molecule has 0 saturated heterocycles. The Labute approximate surface area is 109 Å². The molecule has 0 spiro atoms. The fourth-order valence-corrected chi connectivity index (χ4v) is 2.39. The molecule has 0 bridgehead atoms. The van der Waals surface area contributed by atoms with Gasteiger partial charge in [0.2, 0.25) is 0 Å². The Bertz CT molecular complexity index is 475. The minimum atomic E-state index is 0.549. The van der Waals surface area contributed by atoms with Gasteiger partial charge in [0.25, 0.3) is 0 Å². The fraction of sp³-hybridized carbons (Fsp3) is 0.533. The van der Waals surface area contributed by atoms with Crippen molar-refractivity contribution >= 4 is 11.0 Å². The van der Waals surface area contributed by atoms with Gasteiger partial charge in [0.15, 0.2) is 0 Å². The van der Waals surface area contributed by atoms with E-state index in [0.29, 0.717) is 6.04 Å². The Morgan fingerprint density at radius 2 is 2.11 bits per heavy atom. The summed E-state index contributed by atoms with van der Waals surface area (Å²) in [6.07, 6.45) is 5.73. The molecule has 2 rings (SSSR count). The van der Waals surface area contributed by atoms with Crippen LogP contribution in [0, 0.1) is 0 Å². The predicted octanol–water partition coefficient (Wildman–Crippen LogP) is 3.20. The van der Waals surface area contributed by atoms with Gasteiger partial charge in [0.05, 0.1) is 17.4 Å². The standard InChI is InChI=1S/C15H23N3/c1-3-5-8-13(16-4-2)11-18-12-17-14-9-6-7-10-15(14)18/h6-7,9-10,12-13,16H,3-5,8,11H2,1-2H3. The number of nitrogens with zero attached hydrogens (tertiary/aromatic N) is 2. The van der Waals surface area contributed by atoms with Crippen molar-refractivity contribution in [2.24, 2.45) is 0 Å². The highest BCUT2D eigenvalue weighted by Gasteiger charge is 2.09. The van der Waals surface area contributed by atoms with Gasteiger partial charge in [-0.1, -0.05) is 38.8 Å². The highest BCUT2D eigenvalue weighted by Crippen LogP contribution is 2.13. The van der Waals surface area contributed by atoms with Crippen LogP contribution in [-0.4, -0.2) is 22.1 Å². The van der Waals surface area contributed by atoms with Crippen LogP contribution >= 0.6 is 0 Å². The zero-order valence-electron chi connectivity index (χ0n) is 11.4. The van der Waals surface area contributed by atoms with Crippen LogP contribution in [0.3, 0.4) is 0 Å². The van der Waals surface area contributed by atoms with E-state index >= 15 is 0 Å². The van der Waals surface area contributed by atoms with Gasteiger partial charge in [-0.15, -0.1) is 0 Å². The Morgan fingerprint density at radius 3 is 2.89 bits per heavy atom. The van der Waals surface area contributed by atoms with E-state index in [1.807, 2.05) is 12.4 Å². The van der Waals surface area contributed by atoms with Crippen molar-refractivity contribution in [1.29, 1.82) is 0 Å². The lowest BCUT2D eigenvalue weighted by atomic mass is 10.1. The molecule has 1 aromatic carbocycles. The Hall–Kier alpha value is -1.35. The Balaban J connectivity index is 2.10. The summed E-state index contributed by atoms with van der Waals surface area (Å²) in [6, 6.07) is 8.88. The summed E-state index contributed by atoms with van der Waals surface area (Å²) in [4.78, 5) is 4.45. The van der Waals surface area contributed by atoms with Crippen LogP contribution in [0.2, 0.25) is 0 Å². The minimum absolute atomic E-state index is 0.549. The van der Waals surface area contributed by atoms with E-state index in [9.17, 15) is 0 Å². The molecular formula is C15H23N3. The average molecular weight is 245 g/mol. The number of hydrogen-bond donors (Lipinski definition) is 1. The van der Waals surface area contributed by atoms with Crippen molar-refractivity contribution in [2.45, 2.75) is 45.7 Å². The molecule has 0 fully saturated rings. The summed E-state index contributed by atoms with van der Waals surface area (Å²) in [5.74, 6) is 0. The summed E-state index contributed by atoms with van der Waals surface area (Å²) in [5.41, 5.74) is 2.32. The molecule has 0 radical (unpaired) electrons. The van der Waals surface area contributed by atoms with Crippen molar-refractivity contribution in [1.82, 2.24) is 14.9 Å². The highest BCUT2D eigenvalue weighted by molar-refractivity contribution is 5.74. The molecule has 18 heavy (non-hydrogen) atoms. The predicted molar refractivity (Wildman–Crippen MR) is 76.7 cm³/mol. The number of para-hydroxylation sites is 2. The second kappa shape index (κ2) is 6.55. The molecule has 0 saturated carbocycles. The van der Waals surface area contributed by atoms with E-state index in [2.05, 4.69) is 46.9 Å². The maximum Gasteiger partial charge on any atom is 0.0958 e. The van der Waals surface area contributed by atoms with Gasteiger partial charge < -0.3 is 9.88 Å². The number of benzene rings is 1. The Kier molecular flexibility index (Phi) is 4.76. The van der Waals surface area contributed by atoms with Crippen LogP contribution < -0.4 is 5.32 Å². The van der Waals surface area contributed by atoms with E-state index in [1.165, 1.54) is 24.8 Å². The third kappa shape index (κ3) is 3.10. The number of unbranched alkanes of at least 4 members (excludes halogenated alkanes) is 1. The molecule has 0 aliphatic heterocycles. The summed E-state index contributed by atoms with van der Waals surface area (Å²) in [7, 11) is 0. The van der Waals surface area contributed by atoms with Crippen LogP contribution in [-0.2, 0) is 6.54 Å². The molecule has 1 atom stereocenters. The van der Waals surface area contributed by atoms with Crippen molar-refractivity contribution in [2.75, 3.05) is 6.54 Å². The van der Waals surface area contributed by atoms with Gasteiger partial charge in [0, 0.05) is 12.6 Å². The van der Waals surface area contributed by atoms with Crippen molar-refractivity contribution < 1.29 is 0 Å². The second-order valence-electron chi connectivity index (χ2n) is 4.78. The number of likely N-dealkylation sites (N-methyl/N-ethyl adjacent to an activating group) is 1. The first-order valence-corrected chi connectivity index (χ1v) is 6.98. The zero-order valence-corrected chi connectivity index (χ0v) is 11.4. The zero-order chi connectivity index (χ0) is 12.8. The minimum Gasteiger partial charge on any atom is -0.329 e. The molecule has 2 aromatic rings. The molecule has 1 heterocycles. The normalized spacial score (nSPS) is 13.0. The molecule has 0 amide bonds. The maximum absolute atomic E-state index is 4.45. The van der Waals surface area contributed by atoms with Gasteiger partial charge in [-0.3, -0.25) is 0 Å². The second-order valence-corrected chi connectivity index (χ2v) is 4.78. The lowest BCUT2D eigenvalue weighted by Crippen LogP contribution is -2.32. The number of fused-ring (bicyclic) bond motifs is 1. The van der Waals surface area contributed by atoms with Gasteiger partial charge in [-0.2, -0.15) is 0 Å². The van der Waals surface area contributed by atoms with Crippen molar-refractivity contribution in [3.05, 3.63) is 30.6 Å². The SMILES string of the molecule is CCCCC(Cn1cnc2ccccc21)NCC. The van der Waals surface area contributed by atoms with E-state index in [1.54, 1.807) is 0 Å². The molecule has 1 N–H and O–H groups in total. The summed E-state index contributed by atoms with van der Waals surface area (Å²) < 4.78 is 2.26. The highest BCUT2D eigenvalue weighted by atomic mass is 15.1. The van der Waals surface area contributed by atoms with E-state index < -0.39 is 0 Å². The number of rotatable bonds is 7. The van der Waals surface area contributed by atoms with Crippen molar-refractivity contribution in [3.63, 3.8) is 0 Å². The summed E-state index contributed by atoms with van der Waals surface area (Å²) in [6.45, 7) is 6.45. The largest absolute Gasteiger partial charge is 0.329 e. The molecule has 1 unspecified atom stereocenters. The molecule has 0 aliphatic rings. The molecule has 1 aromatic heterocycles. The van der Waals surface area contributed by atoms with Gasteiger partial charge in [-0.25, -0.2) is 4.98 Å². The van der Waals surface area contributed by atoms with Gasteiger partial charge in [0.1, 0.15) is 0 Å². The topological polar surface area (TPSA) is 29.9 Å². The Morgan fingerprint density at radius 1 is 1.28 bits per heavy atom. The van der Waals surface area contributed by atoms with Crippen LogP contribution in [0.4, 0.5) is 0 Å². The first kappa shape index (κ1) is 13.1. The van der Waals surface area contributed by atoms with Gasteiger partial charge in [-0.05, 0) is 25.1 Å². The third-order valence-electron chi connectivity index (χ3n) is 3.34. The van der Waals surface area contributed by atoms with Crippen LogP contribution in [0.15, 0.2) is 30.6 Å². The number of imidazole rings is 1. The lowest BCUT2D eigenvalue weighted by molar-refractivity contribution is 0.425. The molecule has 0 aliphatic carbocycles. The average Bonchev–Trinajstić information content (AvgIpc) is 2.80. The summed E-state index contributed by atoms with van der Waals surface area (Å²) in [5, 5.41) is 3.57. The molecule has 3 nitrogen and oxygen atoms in total. The fourth-order valence-electron chi connectivity index (χ4n) is 2.39. The first-order valence-electron chi connectivity index (χ1n) is 6.98. The summed E-state index contributed by atoms with van der Waals surface area (Å²) >= 11 is 0. The monoisotopic (exact) mass is 245 g/mol. The molecule has 3 heteroatoms. The van der Waals surface area contributed by atoms with E-state index in [-0.39, 0.29) is 0 Å². The van der Waals surface area contributed by atoms with Crippen LogP contribution in [0.1, 0.15) is 33.1 Å². The molecule has 98 valence electrons. The van der Waals surface area contributed by atoms with Crippen molar-refractivity contribution in [3.8, 4) is 0 Å². The smallest absolute Gasteiger partial charge is 0.0958 e. The maximum atomic E-state index is 4.45.